The molecule has 5 heteroatoms. The Morgan fingerprint density at radius 1 is 1.26 bits per heavy atom. The third kappa shape index (κ3) is 3.31. The summed E-state index contributed by atoms with van der Waals surface area (Å²) in [7, 11) is 0. The van der Waals surface area contributed by atoms with E-state index in [4.69, 9.17) is 4.98 Å². The standard InChI is InChI=1S/C18H26N4O/c1-13-6-4-8-17(14(13)2)22-18(19-15(3)20-22)16-7-5-9-21(12-16)10-11-23/h4,6,8,16,23H,5,7,9-12H2,1-3H3. The van der Waals surface area contributed by atoms with Crippen molar-refractivity contribution < 1.29 is 5.11 Å². The fourth-order valence-corrected chi connectivity index (χ4v) is 3.45. The van der Waals surface area contributed by atoms with Crippen molar-refractivity contribution in [3.63, 3.8) is 0 Å². The van der Waals surface area contributed by atoms with Crippen LogP contribution in [0.4, 0.5) is 0 Å². The lowest BCUT2D eigenvalue weighted by Gasteiger charge is -2.31. The number of β-amino-alcohol motifs (C(OH)–C–C–N with tert-alkyl or cyclic N) is 1. The van der Waals surface area contributed by atoms with Crippen molar-refractivity contribution >= 4 is 0 Å². The van der Waals surface area contributed by atoms with E-state index in [0.717, 1.165) is 49.8 Å². The highest BCUT2D eigenvalue weighted by Gasteiger charge is 2.26. The summed E-state index contributed by atoms with van der Waals surface area (Å²) in [6.07, 6.45) is 2.27. The maximum Gasteiger partial charge on any atom is 0.148 e. The Morgan fingerprint density at radius 3 is 2.87 bits per heavy atom. The minimum Gasteiger partial charge on any atom is -0.395 e. The summed E-state index contributed by atoms with van der Waals surface area (Å²) in [6, 6.07) is 6.33. The molecule has 1 saturated heterocycles. The lowest BCUT2D eigenvalue weighted by atomic mass is 9.97. The average molecular weight is 314 g/mol. The van der Waals surface area contributed by atoms with E-state index in [-0.39, 0.29) is 6.61 Å². The molecule has 1 N–H and O–H groups in total. The van der Waals surface area contributed by atoms with Crippen LogP contribution in [0.1, 0.15) is 41.5 Å². The Kier molecular flexibility index (Phi) is 4.78. The average Bonchev–Trinajstić information content (AvgIpc) is 2.92. The Hall–Kier alpha value is -1.72. The molecule has 1 aliphatic heterocycles. The largest absolute Gasteiger partial charge is 0.395 e. The number of benzene rings is 1. The number of hydrogen-bond acceptors (Lipinski definition) is 4. The third-order valence-corrected chi connectivity index (χ3v) is 4.83. The minimum atomic E-state index is 0.218. The molecule has 2 aromatic rings. The van der Waals surface area contributed by atoms with E-state index in [9.17, 15) is 5.11 Å². The molecule has 1 atom stereocenters. The van der Waals surface area contributed by atoms with Crippen LogP contribution in [0, 0.1) is 20.8 Å². The Labute approximate surface area is 138 Å². The normalized spacial score (nSPS) is 19.2. The quantitative estimate of drug-likeness (QED) is 0.941. The molecule has 124 valence electrons. The zero-order valence-electron chi connectivity index (χ0n) is 14.3. The summed E-state index contributed by atoms with van der Waals surface area (Å²) < 4.78 is 2.03. The Morgan fingerprint density at radius 2 is 2.09 bits per heavy atom. The molecule has 0 bridgehead atoms. The molecule has 0 amide bonds. The fraction of sp³-hybridized carbons (Fsp3) is 0.556. The lowest BCUT2D eigenvalue weighted by Crippen LogP contribution is -2.37. The first-order valence-corrected chi connectivity index (χ1v) is 8.43. The van der Waals surface area contributed by atoms with Crippen molar-refractivity contribution in [1.29, 1.82) is 0 Å². The number of hydrogen-bond donors (Lipinski definition) is 1. The summed E-state index contributed by atoms with van der Waals surface area (Å²) in [5, 5.41) is 13.9. The number of likely N-dealkylation sites (tertiary alicyclic amines) is 1. The van der Waals surface area contributed by atoms with E-state index in [1.54, 1.807) is 0 Å². The van der Waals surface area contributed by atoms with E-state index in [1.165, 1.54) is 11.1 Å². The highest BCUT2D eigenvalue weighted by atomic mass is 16.3. The van der Waals surface area contributed by atoms with Crippen molar-refractivity contribution in [2.24, 2.45) is 0 Å². The molecule has 23 heavy (non-hydrogen) atoms. The third-order valence-electron chi connectivity index (χ3n) is 4.83. The number of aryl methyl sites for hydroxylation is 2. The highest BCUT2D eigenvalue weighted by molar-refractivity contribution is 5.44. The van der Waals surface area contributed by atoms with Crippen LogP contribution < -0.4 is 0 Å². The van der Waals surface area contributed by atoms with Crippen LogP contribution in [0.3, 0.4) is 0 Å². The van der Waals surface area contributed by atoms with E-state index >= 15 is 0 Å². The van der Waals surface area contributed by atoms with Crippen molar-refractivity contribution in [1.82, 2.24) is 19.7 Å². The smallest absolute Gasteiger partial charge is 0.148 e. The summed E-state index contributed by atoms with van der Waals surface area (Å²) >= 11 is 0. The molecule has 1 fully saturated rings. The summed E-state index contributed by atoms with van der Waals surface area (Å²) in [5.41, 5.74) is 3.65. The van der Waals surface area contributed by atoms with Gasteiger partial charge in [-0.25, -0.2) is 9.67 Å². The van der Waals surface area contributed by atoms with Crippen molar-refractivity contribution in [3.05, 3.63) is 41.0 Å². The van der Waals surface area contributed by atoms with Gasteiger partial charge in [0.15, 0.2) is 0 Å². The second kappa shape index (κ2) is 6.81. The van der Waals surface area contributed by atoms with Gasteiger partial charge in [-0.1, -0.05) is 12.1 Å². The van der Waals surface area contributed by atoms with Crippen LogP contribution in [-0.2, 0) is 0 Å². The highest BCUT2D eigenvalue weighted by Crippen LogP contribution is 2.28. The van der Waals surface area contributed by atoms with Crippen LogP contribution in [0.15, 0.2) is 18.2 Å². The van der Waals surface area contributed by atoms with Crippen LogP contribution in [0.25, 0.3) is 5.69 Å². The zero-order chi connectivity index (χ0) is 16.4. The molecule has 0 spiro atoms. The Balaban J connectivity index is 1.96. The number of piperidine rings is 1. The van der Waals surface area contributed by atoms with Gasteiger partial charge in [-0.15, -0.1) is 0 Å². The molecular weight excluding hydrogens is 288 g/mol. The van der Waals surface area contributed by atoms with Gasteiger partial charge in [0, 0.05) is 19.0 Å². The van der Waals surface area contributed by atoms with Crippen molar-refractivity contribution in [3.8, 4) is 5.69 Å². The molecule has 1 aliphatic rings. The molecule has 1 unspecified atom stereocenters. The van der Waals surface area contributed by atoms with Gasteiger partial charge in [0.05, 0.1) is 12.3 Å². The monoisotopic (exact) mass is 314 g/mol. The molecule has 1 aromatic heterocycles. The van der Waals surface area contributed by atoms with Crippen molar-refractivity contribution in [2.75, 3.05) is 26.2 Å². The first kappa shape index (κ1) is 16.1. The fourth-order valence-electron chi connectivity index (χ4n) is 3.45. The maximum atomic E-state index is 9.20. The number of aliphatic hydroxyl groups excluding tert-OH is 1. The van der Waals surface area contributed by atoms with Gasteiger partial charge in [-0.2, -0.15) is 5.10 Å². The van der Waals surface area contributed by atoms with Gasteiger partial charge >= 0.3 is 0 Å². The second-order valence-electron chi connectivity index (χ2n) is 6.51. The van der Waals surface area contributed by atoms with Gasteiger partial charge in [0.2, 0.25) is 0 Å². The van der Waals surface area contributed by atoms with Gasteiger partial charge < -0.3 is 10.0 Å². The topological polar surface area (TPSA) is 54.2 Å². The van der Waals surface area contributed by atoms with E-state index in [0.29, 0.717) is 5.92 Å². The molecule has 2 heterocycles. The van der Waals surface area contributed by atoms with E-state index in [2.05, 4.69) is 42.0 Å². The minimum absolute atomic E-state index is 0.218. The SMILES string of the molecule is Cc1nc(C2CCCN(CCO)C2)n(-c2cccc(C)c2C)n1. The van der Waals surface area contributed by atoms with Gasteiger partial charge in [-0.3, -0.25) is 0 Å². The second-order valence-corrected chi connectivity index (χ2v) is 6.51. The summed E-state index contributed by atoms with van der Waals surface area (Å²) in [5.74, 6) is 2.25. The van der Waals surface area contributed by atoms with Crippen molar-refractivity contribution in [2.45, 2.75) is 39.5 Å². The predicted molar refractivity (Wildman–Crippen MR) is 91.1 cm³/mol. The molecule has 5 nitrogen and oxygen atoms in total. The Bertz CT molecular complexity index is 678. The van der Waals surface area contributed by atoms with Crippen LogP contribution in [-0.4, -0.2) is 51.0 Å². The first-order valence-electron chi connectivity index (χ1n) is 8.43. The predicted octanol–water partition coefficient (Wildman–Crippen LogP) is 2.36. The number of rotatable bonds is 4. The van der Waals surface area contributed by atoms with E-state index in [1.807, 2.05) is 11.6 Å². The van der Waals surface area contributed by atoms with Crippen LogP contribution >= 0.6 is 0 Å². The lowest BCUT2D eigenvalue weighted by molar-refractivity contribution is 0.158. The van der Waals surface area contributed by atoms with Crippen LogP contribution in [0.5, 0.6) is 0 Å². The number of aliphatic hydroxyl groups is 1. The molecular formula is C18H26N4O. The first-order chi connectivity index (χ1) is 11.1. The summed E-state index contributed by atoms with van der Waals surface area (Å²) in [4.78, 5) is 7.06. The molecule has 0 radical (unpaired) electrons. The van der Waals surface area contributed by atoms with Gasteiger partial charge in [-0.05, 0) is 57.4 Å². The van der Waals surface area contributed by atoms with E-state index < -0.39 is 0 Å². The van der Waals surface area contributed by atoms with Crippen LogP contribution in [0.2, 0.25) is 0 Å². The molecule has 3 rings (SSSR count). The maximum absolute atomic E-state index is 9.20. The molecule has 0 saturated carbocycles. The van der Waals surface area contributed by atoms with Gasteiger partial charge in [0.25, 0.3) is 0 Å². The molecule has 0 aliphatic carbocycles. The number of aromatic nitrogens is 3. The summed E-state index contributed by atoms with van der Waals surface area (Å²) in [6.45, 7) is 9.20. The molecule has 1 aromatic carbocycles. The zero-order valence-corrected chi connectivity index (χ0v) is 14.3. The van der Waals surface area contributed by atoms with Gasteiger partial charge in [0.1, 0.15) is 11.6 Å². The number of nitrogens with zero attached hydrogens (tertiary/aromatic N) is 4.